The standard InChI is InChI=1S/C21H20Cl2N4O/c22-19-7-6-18(12-20(19)23)25-14-17(13-24)21(28)27-10-8-26(9-11-27)15-16-4-2-1-3-5-16/h1-7,12,14,25H,8-11,15H2/b17-14-. The third kappa shape index (κ3) is 5.26. The van der Waals surface area contributed by atoms with E-state index in [4.69, 9.17) is 23.2 Å². The van der Waals surface area contributed by atoms with E-state index in [1.807, 2.05) is 24.3 Å². The normalized spacial score (nSPS) is 15.2. The molecule has 0 saturated carbocycles. The van der Waals surface area contributed by atoms with E-state index in [1.165, 1.54) is 11.8 Å². The average Bonchev–Trinajstić information content (AvgIpc) is 2.72. The van der Waals surface area contributed by atoms with Gasteiger partial charge in [-0.2, -0.15) is 5.26 Å². The van der Waals surface area contributed by atoms with Gasteiger partial charge in [0, 0.05) is 44.6 Å². The monoisotopic (exact) mass is 414 g/mol. The van der Waals surface area contributed by atoms with E-state index in [-0.39, 0.29) is 11.5 Å². The number of halogens is 2. The van der Waals surface area contributed by atoms with Crippen LogP contribution >= 0.6 is 23.2 Å². The van der Waals surface area contributed by atoms with Crippen LogP contribution in [0, 0.1) is 11.3 Å². The van der Waals surface area contributed by atoms with Gasteiger partial charge >= 0.3 is 0 Å². The summed E-state index contributed by atoms with van der Waals surface area (Å²) in [6, 6.07) is 17.3. The first-order valence-corrected chi connectivity index (χ1v) is 9.70. The lowest BCUT2D eigenvalue weighted by Gasteiger charge is -2.34. The second-order valence-corrected chi connectivity index (χ2v) is 7.31. The molecule has 1 aliphatic heterocycles. The molecule has 0 radical (unpaired) electrons. The van der Waals surface area contributed by atoms with Crippen molar-refractivity contribution in [3.63, 3.8) is 0 Å². The van der Waals surface area contributed by atoms with Crippen LogP contribution in [-0.4, -0.2) is 41.9 Å². The Morgan fingerprint density at radius 2 is 1.79 bits per heavy atom. The van der Waals surface area contributed by atoms with Crippen LogP contribution < -0.4 is 5.32 Å². The quantitative estimate of drug-likeness (QED) is 0.589. The number of hydrogen-bond acceptors (Lipinski definition) is 4. The van der Waals surface area contributed by atoms with E-state index in [2.05, 4.69) is 22.3 Å². The lowest BCUT2D eigenvalue weighted by Crippen LogP contribution is -2.48. The summed E-state index contributed by atoms with van der Waals surface area (Å²) < 4.78 is 0. The van der Waals surface area contributed by atoms with Crippen molar-refractivity contribution in [1.82, 2.24) is 9.80 Å². The zero-order valence-electron chi connectivity index (χ0n) is 15.2. The Kier molecular flexibility index (Phi) is 6.94. The van der Waals surface area contributed by atoms with Gasteiger partial charge in [-0.3, -0.25) is 9.69 Å². The Hall–Kier alpha value is -2.52. The first-order valence-electron chi connectivity index (χ1n) is 8.94. The van der Waals surface area contributed by atoms with Gasteiger partial charge < -0.3 is 10.2 Å². The van der Waals surface area contributed by atoms with E-state index < -0.39 is 0 Å². The van der Waals surface area contributed by atoms with Crippen molar-refractivity contribution in [3.05, 3.63) is 75.9 Å². The smallest absolute Gasteiger partial charge is 0.266 e. The number of hydrogen-bond donors (Lipinski definition) is 1. The van der Waals surface area contributed by atoms with Crippen molar-refractivity contribution in [2.24, 2.45) is 0 Å². The third-order valence-electron chi connectivity index (χ3n) is 4.56. The Labute approximate surface area is 174 Å². The van der Waals surface area contributed by atoms with Crippen molar-refractivity contribution >= 4 is 34.8 Å². The molecule has 7 heteroatoms. The van der Waals surface area contributed by atoms with Gasteiger partial charge in [0.2, 0.25) is 0 Å². The molecule has 0 atom stereocenters. The van der Waals surface area contributed by atoms with Crippen LogP contribution in [0.25, 0.3) is 0 Å². The van der Waals surface area contributed by atoms with Gasteiger partial charge in [0.15, 0.2) is 0 Å². The number of nitrogens with one attached hydrogen (secondary N) is 1. The highest BCUT2D eigenvalue weighted by Gasteiger charge is 2.23. The Morgan fingerprint density at radius 1 is 1.07 bits per heavy atom. The average molecular weight is 415 g/mol. The van der Waals surface area contributed by atoms with E-state index in [0.29, 0.717) is 28.8 Å². The van der Waals surface area contributed by atoms with Crippen molar-refractivity contribution in [2.45, 2.75) is 6.54 Å². The summed E-state index contributed by atoms with van der Waals surface area (Å²) in [6.45, 7) is 3.61. The predicted molar refractivity (Wildman–Crippen MR) is 112 cm³/mol. The van der Waals surface area contributed by atoms with Gasteiger partial charge in [-0.15, -0.1) is 0 Å². The summed E-state index contributed by atoms with van der Waals surface area (Å²) in [5.41, 5.74) is 1.97. The number of benzene rings is 2. The minimum absolute atomic E-state index is 0.0579. The molecule has 3 rings (SSSR count). The van der Waals surface area contributed by atoms with Gasteiger partial charge in [0.05, 0.1) is 10.0 Å². The molecule has 1 N–H and O–H groups in total. The van der Waals surface area contributed by atoms with Crippen LogP contribution in [0.5, 0.6) is 0 Å². The molecule has 1 amide bonds. The Balaban J connectivity index is 1.56. The topological polar surface area (TPSA) is 59.4 Å². The van der Waals surface area contributed by atoms with Gasteiger partial charge in [-0.05, 0) is 23.8 Å². The summed E-state index contributed by atoms with van der Waals surface area (Å²) in [4.78, 5) is 16.7. The maximum Gasteiger partial charge on any atom is 0.266 e. The maximum absolute atomic E-state index is 12.7. The van der Waals surface area contributed by atoms with Gasteiger partial charge in [0.25, 0.3) is 5.91 Å². The van der Waals surface area contributed by atoms with Crippen LogP contribution in [0.1, 0.15) is 5.56 Å². The molecule has 1 fully saturated rings. The van der Waals surface area contributed by atoms with Crippen LogP contribution in [0.4, 0.5) is 5.69 Å². The number of carbonyl (C=O) groups excluding carboxylic acids is 1. The Bertz CT molecular complexity index is 900. The molecule has 0 spiro atoms. The summed E-state index contributed by atoms with van der Waals surface area (Å²) in [5.74, 6) is -0.269. The summed E-state index contributed by atoms with van der Waals surface area (Å²) >= 11 is 11.9. The molecule has 0 aromatic heterocycles. The number of piperazine rings is 1. The van der Waals surface area contributed by atoms with Crippen LogP contribution in [0.2, 0.25) is 10.0 Å². The van der Waals surface area contributed by atoms with Gasteiger partial charge in [0.1, 0.15) is 11.6 Å². The van der Waals surface area contributed by atoms with Crippen LogP contribution in [-0.2, 0) is 11.3 Å². The molecule has 28 heavy (non-hydrogen) atoms. The highest BCUT2D eigenvalue weighted by atomic mass is 35.5. The van der Waals surface area contributed by atoms with E-state index >= 15 is 0 Å². The van der Waals surface area contributed by atoms with Crippen molar-refractivity contribution in [2.75, 3.05) is 31.5 Å². The molecule has 2 aromatic carbocycles. The summed E-state index contributed by atoms with van der Waals surface area (Å²) in [5, 5.41) is 13.2. The fourth-order valence-electron chi connectivity index (χ4n) is 3.00. The number of carbonyl (C=O) groups is 1. The highest BCUT2D eigenvalue weighted by molar-refractivity contribution is 6.42. The fourth-order valence-corrected chi connectivity index (χ4v) is 3.30. The van der Waals surface area contributed by atoms with E-state index in [0.717, 1.165) is 19.6 Å². The molecule has 0 bridgehead atoms. The zero-order valence-corrected chi connectivity index (χ0v) is 16.7. The number of amides is 1. The fraction of sp³-hybridized carbons (Fsp3) is 0.238. The lowest BCUT2D eigenvalue weighted by molar-refractivity contribution is -0.128. The highest BCUT2D eigenvalue weighted by Crippen LogP contribution is 2.25. The second-order valence-electron chi connectivity index (χ2n) is 6.50. The minimum atomic E-state index is -0.269. The number of nitriles is 1. The van der Waals surface area contributed by atoms with Gasteiger partial charge in [-0.25, -0.2) is 0 Å². The molecule has 144 valence electrons. The van der Waals surface area contributed by atoms with Crippen LogP contribution in [0.3, 0.4) is 0 Å². The molecule has 0 aliphatic carbocycles. The van der Waals surface area contributed by atoms with E-state index in [9.17, 15) is 10.1 Å². The number of rotatable bonds is 5. The minimum Gasteiger partial charge on any atom is -0.360 e. The molecule has 1 aliphatic rings. The zero-order chi connectivity index (χ0) is 19.9. The molecule has 2 aromatic rings. The molecule has 1 heterocycles. The summed E-state index contributed by atoms with van der Waals surface area (Å²) in [6.07, 6.45) is 1.41. The largest absolute Gasteiger partial charge is 0.360 e. The maximum atomic E-state index is 12.7. The number of anilines is 1. The lowest BCUT2D eigenvalue weighted by atomic mass is 10.2. The van der Waals surface area contributed by atoms with E-state index in [1.54, 1.807) is 23.1 Å². The SMILES string of the molecule is N#C/C(=C/Nc1ccc(Cl)c(Cl)c1)C(=O)N1CCN(Cc2ccccc2)CC1. The first kappa shape index (κ1) is 20.2. The first-order chi connectivity index (χ1) is 13.6. The molecule has 1 saturated heterocycles. The molecular weight excluding hydrogens is 395 g/mol. The molecule has 0 unspecified atom stereocenters. The van der Waals surface area contributed by atoms with Crippen molar-refractivity contribution < 1.29 is 4.79 Å². The third-order valence-corrected chi connectivity index (χ3v) is 5.30. The number of nitrogens with zero attached hydrogens (tertiary/aromatic N) is 3. The molecular formula is C21H20Cl2N4O. The van der Waals surface area contributed by atoms with Crippen molar-refractivity contribution in [1.29, 1.82) is 5.26 Å². The van der Waals surface area contributed by atoms with Crippen LogP contribution in [0.15, 0.2) is 60.3 Å². The Morgan fingerprint density at radius 3 is 2.43 bits per heavy atom. The van der Waals surface area contributed by atoms with Gasteiger partial charge in [-0.1, -0.05) is 53.5 Å². The molecule has 5 nitrogen and oxygen atoms in total. The predicted octanol–water partition coefficient (Wildman–Crippen LogP) is 4.16. The van der Waals surface area contributed by atoms with Crippen molar-refractivity contribution in [3.8, 4) is 6.07 Å². The summed E-state index contributed by atoms with van der Waals surface area (Å²) in [7, 11) is 0. The second kappa shape index (κ2) is 9.61.